The second-order valence-electron chi connectivity index (χ2n) is 5.97. The van der Waals surface area contributed by atoms with Gasteiger partial charge in [0, 0.05) is 38.1 Å². The third-order valence-electron chi connectivity index (χ3n) is 4.33. The number of fused-ring (bicyclic) bond motifs is 1. The molecule has 0 bridgehead atoms. The topological polar surface area (TPSA) is 58.4 Å². The summed E-state index contributed by atoms with van der Waals surface area (Å²) in [6.45, 7) is 6.58. The molecule has 9 heteroatoms. The molecule has 0 aliphatic carbocycles. The SMILES string of the molecule is C=CC(=O)N1CCN(C(=O)c2cc3c(C(F)F)nn(C)c3s2)[C@@H](C)C1. The fraction of sp³-hybridized carbons (Fsp3) is 0.438. The van der Waals surface area contributed by atoms with Crippen molar-refractivity contribution in [1.82, 2.24) is 19.6 Å². The summed E-state index contributed by atoms with van der Waals surface area (Å²) < 4.78 is 27.5. The van der Waals surface area contributed by atoms with E-state index in [1.807, 2.05) is 6.92 Å². The van der Waals surface area contributed by atoms with E-state index in [0.29, 0.717) is 34.7 Å². The van der Waals surface area contributed by atoms with Gasteiger partial charge in [0.1, 0.15) is 10.5 Å². The largest absolute Gasteiger partial charge is 0.335 e. The Morgan fingerprint density at radius 3 is 2.76 bits per heavy atom. The first-order valence-electron chi connectivity index (χ1n) is 7.80. The minimum Gasteiger partial charge on any atom is -0.335 e. The molecule has 6 nitrogen and oxygen atoms in total. The number of amides is 2. The zero-order chi connectivity index (χ0) is 18.3. The Labute approximate surface area is 147 Å². The van der Waals surface area contributed by atoms with Gasteiger partial charge >= 0.3 is 0 Å². The van der Waals surface area contributed by atoms with Crippen molar-refractivity contribution in [3.8, 4) is 0 Å². The van der Waals surface area contributed by atoms with Gasteiger partial charge in [-0.3, -0.25) is 14.3 Å². The van der Waals surface area contributed by atoms with Crippen molar-refractivity contribution in [2.24, 2.45) is 7.05 Å². The maximum Gasteiger partial charge on any atom is 0.282 e. The predicted octanol–water partition coefficient (Wildman–Crippen LogP) is 2.43. The van der Waals surface area contributed by atoms with Crippen LogP contribution in [0.2, 0.25) is 0 Å². The van der Waals surface area contributed by atoms with Crippen LogP contribution in [0.5, 0.6) is 0 Å². The zero-order valence-electron chi connectivity index (χ0n) is 13.9. The standard InChI is InChI=1S/C16H18F2N4O2S/c1-4-12(23)21-5-6-22(9(2)8-21)15(24)11-7-10-13(14(17)18)19-20(3)16(10)25-11/h4,7,9,14H,1,5-6,8H2,2-3H3/t9-/m0/s1. The number of rotatable bonds is 3. The molecule has 2 aromatic rings. The van der Waals surface area contributed by atoms with E-state index in [0.717, 1.165) is 11.3 Å². The van der Waals surface area contributed by atoms with E-state index in [4.69, 9.17) is 0 Å². The van der Waals surface area contributed by atoms with Crippen molar-refractivity contribution in [3.05, 3.63) is 29.3 Å². The fourth-order valence-corrected chi connectivity index (χ4v) is 4.10. The molecule has 1 aliphatic rings. The Balaban J connectivity index is 1.84. The second kappa shape index (κ2) is 6.55. The van der Waals surface area contributed by atoms with Crippen LogP contribution in [0.15, 0.2) is 18.7 Å². The average Bonchev–Trinajstić information content (AvgIpc) is 3.14. The lowest BCUT2D eigenvalue weighted by Gasteiger charge is -2.39. The van der Waals surface area contributed by atoms with Gasteiger partial charge in [-0.25, -0.2) is 8.78 Å². The molecule has 0 aromatic carbocycles. The van der Waals surface area contributed by atoms with Crippen LogP contribution in [0.3, 0.4) is 0 Å². The second-order valence-corrected chi connectivity index (χ2v) is 7.01. The van der Waals surface area contributed by atoms with Gasteiger partial charge in [0.25, 0.3) is 12.3 Å². The molecule has 3 heterocycles. The first-order chi connectivity index (χ1) is 11.8. The van der Waals surface area contributed by atoms with Crippen LogP contribution in [0.1, 0.15) is 28.7 Å². The summed E-state index contributed by atoms with van der Waals surface area (Å²) in [5.74, 6) is -0.368. The number of aromatic nitrogens is 2. The highest BCUT2D eigenvalue weighted by atomic mass is 32.1. The first-order valence-corrected chi connectivity index (χ1v) is 8.62. The lowest BCUT2D eigenvalue weighted by molar-refractivity contribution is -0.128. The third-order valence-corrected chi connectivity index (χ3v) is 5.52. The third kappa shape index (κ3) is 3.04. The molecular formula is C16H18F2N4O2S. The van der Waals surface area contributed by atoms with E-state index in [-0.39, 0.29) is 23.6 Å². The Morgan fingerprint density at radius 2 is 2.16 bits per heavy atom. The summed E-state index contributed by atoms with van der Waals surface area (Å²) in [6, 6.07) is 1.33. The molecule has 2 aromatic heterocycles. The molecule has 0 radical (unpaired) electrons. The molecule has 0 spiro atoms. The van der Waals surface area contributed by atoms with Crippen molar-refractivity contribution in [3.63, 3.8) is 0 Å². The minimum absolute atomic E-state index is 0.159. The van der Waals surface area contributed by atoms with Crippen molar-refractivity contribution in [2.75, 3.05) is 19.6 Å². The number of nitrogens with zero attached hydrogens (tertiary/aromatic N) is 4. The molecule has 0 unspecified atom stereocenters. The summed E-state index contributed by atoms with van der Waals surface area (Å²) in [6.07, 6.45) is -1.43. The number of piperazine rings is 1. The summed E-state index contributed by atoms with van der Waals surface area (Å²) in [4.78, 5) is 28.8. The van der Waals surface area contributed by atoms with E-state index < -0.39 is 6.43 Å². The quantitative estimate of drug-likeness (QED) is 0.782. The van der Waals surface area contributed by atoms with Gasteiger partial charge in [0.05, 0.1) is 4.88 Å². The number of alkyl halides is 2. The smallest absolute Gasteiger partial charge is 0.282 e. The molecule has 1 aliphatic heterocycles. The number of carbonyl (C=O) groups excluding carboxylic acids is 2. The van der Waals surface area contributed by atoms with Crippen molar-refractivity contribution >= 4 is 33.4 Å². The van der Waals surface area contributed by atoms with Crippen molar-refractivity contribution < 1.29 is 18.4 Å². The molecule has 2 amide bonds. The van der Waals surface area contributed by atoms with Gasteiger partial charge in [-0.15, -0.1) is 11.3 Å². The number of halogens is 2. The summed E-state index contributed by atoms with van der Waals surface area (Å²) >= 11 is 1.16. The van der Waals surface area contributed by atoms with Gasteiger partial charge in [-0.1, -0.05) is 6.58 Å². The highest BCUT2D eigenvalue weighted by Gasteiger charge is 2.31. The van der Waals surface area contributed by atoms with Crippen LogP contribution >= 0.6 is 11.3 Å². The first kappa shape index (κ1) is 17.5. The summed E-state index contributed by atoms with van der Waals surface area (Å²) in [7, 11) is 1.58. The van der Waals surface area contributed by atoms with Gasteiger partial charge in [-0.05, 0) is 19.1 Å². The Kier molecular flexibility index (Phi) is 4.59. The molecular weight excluding hydrogens is 350 g/mol. The molecule has 134 valence electrons. The normalized spacial score (nSPS) is 18.2. The molecule has 0 saturated carbocycles. The summed E-state index contributed by atoms with van der Waals surface area (Å²) in [5, 5.41) is 4.13. The highest BCUT2D eigenvalue weighted by Crippen LogP contribution is 2.33. The van der Waals surface area contributed by atoms with Gasteiger partial charge in [0.15, 0.2) is 0 Å². The van der Waals surface area contributed by atoms with Crippen molar-refractivity contribution in [2.45, 2.75) is 19.4 Å². The number of carbonyl (C=O) groups is 2. The predicted molar refractivity (Wildman–Crippen MR) is 90.8 cm³/mol. The number of aryl methyl sites for hydroxylation is 1. The number of hydrogen-bond acceptors (Lipinski definition) is 4. The van der Waals surface area contributed by atoms with Crippen molar-refractivity contribution in [1.29, 1.82) is 0 Å². The minimum atomic E-state index is -2.69. The Morgan fingerprint density at radius 1 is 1.44 bits per heavy atom. The van der Waals surface area contributed by atoms with Crippen LogP contribution in [-0.4, -0.2) is 57.1 Å². The summed E-state index contributed by atoms with van der Waals surface area (Å²) in [5.41, 5.74) is -0.303. The van der Waals surface area contributed by atoms with Crippen LogP contribution in [-0.2, 0) is 11.8 Å². The molecule has 1 saturated heterocycles. The van der Waals surface area contributed by atoms with E-state index >= 15 is 0 Å². The average molecular weight is 368 g/mol. The Hall–Kier alpha value is -2.29. The Bertz CT molecular complexity index is 845. The zero-order valence-corrected chi connectivity index (χ0v) is 14.7. The van der Waals surface area contributed by atoms with Crippen LogP contribution < -0.4 is 0 Å². The number of hydrogen-bond donors (Lipinski definition) is 0. The van der Waals surface area contributed by atoms with E-state index in [2.05, 4.69) is 11.7 Å². The van der Waals surface area contributed by atoms with E-state index in [1.54, 1.807) is 16.8 Å². The number of thiophene rings is 1. The van der Waals surface area contributed by atoms with E-state index in [9.17, 15) is 18.4 Å². The lowest BCUT2D eigenvalue weighted by atomic mass is 10.1. The highest BCUT2D eigenvalue weighted by molar-refractivity contribution is 7.20. The molecule has 1 atom stereocenters. The fourth-order valence-electron chi connectivity index (χ4n) is 3.06. The van der Waals surface area contributed by atoms with Gasteiger partial charge in [-0.2, -0.15) is 5.10 Å². The van der Waals surface area contributed by atoms with Crippen LogP contribution in [0.4, 0.5) is 8.78 Å². The maximum absolute atomic E-state index is 13.1. The van der Waals surface area contributed by atoms with Crippen LogP contribution in [0.25, 0.3) is 10.2 Å². The molecule has 0 N–H and O–H groups in total. The molecule has 1 fully saturated rings. The van der Waals surface area contributed by atoms with Crippen LogP contribution in [0, 0.1) is 0 Å². The maximum atomic E-state index is 13.1. The van der Waals surface area contributed by atoms with Gasteiger partial charge < -0.3 is 9.80 Å². The molecule has 25 heavy (non-hydrogen) atoms. The van der Waals surface area contributed by atoms with Gasteiger partial charge in [0.2, 0.25) is 5.91 Å². The monoisotopic (exact) mass is 368 g/mol. The van der Waals surface area contributed by atoms with E-state index in [1.165, 1.54) is 16.8 Å². The lowest BCUT2D eigenvalue weighted by Crippen LogP contribution is -2.55. The molecule has 3 rings (SSSR count).